The molecule has 0 radical (unpaired) electrons. The molecule has 2 aromatic heterocycles. The molecular weight excluding hydrogens is 490 g/mol. The minimum atomic E-state index is -4.27. The van der Waals surface area contributed by atoms with Crippen LogP contribution >= 0.6 is 0 Å². The highest BCUT2D eigenvalue weighted by atomic mass is 32.2. The molecule has 0 spiro atoms. The number of carbonyl (C=O) groups excluding carboxylic acids is 1. The van der Waals surface area contributed by atoms with Crippen LogP contribution in [0.25, 0.3) is 11.1 Å². The van der Waals surface area contributed by atoms with E-state index in [2.05, 4.69) is 35.4 Å². The fourth-order valence-corrected chi connectivity index (χ4v) is 5.41. The highest BCUT2D eigenvalue weighted by Gasteiger charge is 2.41. The lowest BCUT2D eigenvalue weighted by atomic mass is 9.90. The second-order valence-corrected chi connectivity index (χ2v) is 11.7. The van der Waals surface area contributed by atoms with Crippen molar-refractivity contribution in [1.82, 2.24) is 14.7 Å². The van der Waals surface area contributed by atoms with E-state index in [1.807, 2.05) is 38.1 Å². The number of nitrogens with one attached hydrogen (secondary N) is 1. The van der Waals surface area contributed by atoms with Crippen molar-refractivity contribution in [2.24, 2.45) is 5.92 Å². The molecule has 37 heavy (non-hydrogen) atoms. The number of benzene rings is 1. The molecule has 1 fully saturated rings. The standard InChI is InChI=1S/C27H33N5O4S/c1-17(2)36-22-10-7-6-9-20(22)19-15-21(25(29-16-19)32-14-13-18(3)27(32,4)5)26(33)31-37(34,35)24-12-8-11-23(28)30-24/h6-12,15-18H,13-14H2,1-5H3,(H2,28,30)(H,31,33). The number of nitrogen functional groups attached to an aromatic ring is 1. The lowest BCUT2D eigenvalue weighted by Gasteiger charge is -2.36. The first-order chi connectivity index (χ1) is 17.4. The fraction of sp³-hybridized carbons (Fsp3) is 0.370. The van der Waals surface area contributed by atoms with E-state index < -0.39 is 15.9 Å². The SMILES string of the molecule is CC(C)Oc1ccccc1-c1cnc(N2CCC(C)C2(C)C)c(C(=O)NS(=O)(=O)c2cccc(N)n2)c1. The van der Waals surface area contributed by atoms with Crippen molar-refractivity contribution in [1.29, 1.82) is 0 Å². The zero-order valence-corrected chi connectivity index (χ0v) is 22.5. The molecule has 1 unspecified atom stereocenters. The summed E-state index contributed by atoms with van der Waals surface area (Å²) in [6.45, 7) is 10.9. The van der Waals surface area contributed by atoms with Gasteiger partial charge in [-0.1, -0.05) is 31.2 Å². The maximum absolute atomic E-state index is 13.6. The molecule has 1 aliphatic heterocycles. The predicted molar refractivity (Wildman–Crippen MR) is 144 cm³/mol. The van der Waals surface area contributed by atoms with Crippen LogP contribution in [0.2, 0.25) is 0 Å². The number of aromatic nitrogens is 2. The Bertz CT molecular complexity index is 1420. The van der Waals surface area contributed by atoms with Gasteiger partial charge in [0.25, 0.3) is 15.9 Å². The van der Waals surface area contributed by atoms with Crippen LogP contribution in [0.5, 0.6) is 5.75 Å². The maximum Gasteiger partial charge on any atom is 0.281 e. The van der Waals surface area contributed by atoms with Crippen LogP contribution in [-0.4, -0.2) is 42.5 Å². The van der Waals surface area contributed by atoms with Gasteiger partial charge < -0.3 is 15.4 Å². The third kappa shape index (κ3) is 5.39. The highest BCUT2D eigenvalue weighted by Crippen LogP contribution is 2.40. The lowest BCUT2D eigenvalue weighted by molar-refractivity contribution is 0.0981. The number of nitrogens with zero attached hydrogens (tertiary/aromatic N) is 3. The Morgan fingerprint density at radius 3 is 2.57 bits per heavy atom. The molecule has 3 N–H and O–H groups in total. The average Bonchev–Trinajstić information content (AvgIpc) is 3.10. The summed E-state index contributed by atoms with van der Waals surface area (Å²) in [5, 5.41) is -0.336. The second kappa shape index (κ2) is 10.0. The van der Waals surface area contributed by atoms with Crippen molar-refractivity contribution < 1.29 is 17.9 Å². The number of carbonyl (C=O) groups is 1. The smallest absolute Gasteiger partial charge is 0.281 e. The molecule has 0 aliphatic carbocycles. The van der Waals surface area contributed by atoms with Crippen LogP contribution < -0.4 is 20.1 Å². The van der Waals surface area contributed by atoms with E-state index in [0.717, 1.165) is 12.0 Å². The number of rotatable bonds is 7. The predicted octanol–water partition coefficient (Wildman–Crippen LogP) is 4.26. The number of hydrogen-bond donors (Lipinski definition) is 2. The largest absolute Gasteiger partial charge is 0.490 e. The summed E-state index contributed by atoms with van der Waals surface area (Å²) in [6, 6.07) is 13.4. The van der Waals surface area contributed by atoms with Crippen LogP contribution in [0.4, 0.5) is 11.6 Å². The van der Waals surface area contributed by atoms with Gasteiger partial charge in [0.15, 0.2) is 5.03 Å². The van der Waals surface area contributed by atoms with Crippen LogP contribution in [0.1, 0.15) is 51.4 Å². The zero-order chi connectivity index (χ0) is 27.0. The van der Waals surface area contributed by atoms with E-state index in [-0.39, 0.29) is 28.1 Å². The summed E-state index contributed by atoms with van der Waals surface area (Å²) in [5.41, 5.74) is 6.91. The van der Waals surface area contributed by atoms with E-state index in [4.69, 9.17) is 15.5 Å². The Balaban J connectivity index is 1.81. The second-order valence-electron chi connectivity index (χ2n) is 10.1. The Labute approximate surface area is 218 Å². The molecule has 1 atom stereocenters. The summed E-state index contributed by atoms with van der Waals surface area (Å²) in [7, 11) is -4.27. The molecule has 10 heteroatoms. The first kappa shape index (κ1) is 26.4. The Hall–Kier alpha value is -3.66. The van der Waals surface area contributed by atoms with Crippen molar-refractivity contribution in [2.75, 3.05) is 17.2 Å². The number of ether oxygens (including phenoxy) is 1. The van der Waals surface area contributed by atoms with E-state index in [1.165, 1.54) is 18.2 Å². The van der Waals surface area contributed by atoms with Crippen LogP contribution in [0, 0.1) is 5.92 Å². The van der Waals surface area contributed by atoms with Crippen LogP contribution in [-0.2, 0) is 10.0 Å². The molecular formula is C27H33N5O4S. The molecule has 0 bridgehead atoms. The lowest BCUT2D eigenvalue weighted by Crippen LogP contribution is -2.43. The van der Waals surface area contributed by atoms with E-state index in [1.54, 1.807) is 12.3 Å². The van der Waals surface area contributed by atoms with Gasteiger partial charge in [-0.3, -0.25) is 4.79 Å². The van der Waals surface area contributed by atoms with E-state index >= 15 is 0 Å². The maximum atomic E-state index is 13.6. The van der Waals surface area contributed by atoms with Crippen LogP contribution in [0.3, 0.4) is 0 Å². The Morgan fingerprint density at radius 2 is 1.92 bits per heavy atom. The molecule has 3 heterocycles. The fourth-order valence-electron chi connectivity index (χ4n) is 4.47. The van der Waals surface area contributed by atoms with Crippen LogP contribution in [0.15, 0.2) is 59.8 Å². The van der Waals surface area contributed by atoms with Crippen molar-refractivity contribution in [3.8, 4) is 16.9 Å². The van der Waals surface area contributed by atoms with Crippen molar-refractivity contribution in [2.45, 2.75) is 57.7 Å². The monoisotopic (exact) mass is 523 g/mol. The van der Waals surface area contributed by atoms with E-state index in [0.29, 0.717) is 29.6 Å². The molecule has 9 nitrogen and oxygen atoms in total. The van der Waals surface area contributed by atoms with Crippen molar-refractivity contribution in [3.63, 3.8) is 0 Å². The quantitative estimate of drug-likeness (QED) is 0.470. The van der Waals surface area contributed by atoms with Gasteiger partial charge in [0.2, 0.25) is 0 Å². The molecule has 1 aromatic carbocycles. The number of nitrogens with two attached hydrogens (primary N) is 1. The van der Waals surface area contributed by atoms with Gasteiger partial charge in [-0.25, -0.2) is 14.7 Å². The average molecular weight is 524 g/mol. The van der Waals surface area contributed by atoms with Gasteiger partial charge in [0.1, 0.15) is 17.4 Å². The number of amides is 1. The van der Waals surface area contributed by atoms with Gasteiger partial charge >= 0.3 is 0 Å². The van der Waals surface area contributed by atoms with Gasteiger partial charge in [-0.2, -0.15) is 8.42 Å². The topological polar surface area (TPSA) is 128 Å². The Morgan fingerprint density at radius 1 is 1.19 bits per heavy atom. The number of pyridine rings is 2. The van der Waals surface area contributed by atoms with Crippen molar-refractivity contribution >= 4 is 27.6 Å². The third-order valence-corrected chi connectivity index (χ3v) is 8.09. The third-order valence-electron chi connectivity index (χ3n) is 6.86. The summed E-state index contributed by atoms with van der Waals surface area (Å²) in [6.07, 6.45) is 2.56. The first-order valence-electron chi connectivity index (χ1n) is 12.2. The number of hydrogen-bond acceptors (Lipinski definition) is 8. The zero-order valence-electron chi connectivity index (χ0n) is 21.7. The highest BCUT2D eigenvalue weighted by molar-refractivity contribution is 7.90. The van der Waals surface area contributed by atoms with E-state index in [9.17, 15) is 13.2 Å². The molecule has 1 aliphatic rings. The normalized spacial score (nSPS) is 17.1. The summed E-state index contributed by atoms with van der Waals surface area (Å²) in [5.74, 6) is 0.657. The van der Waals surface area contributed by atoms with Gasteiger partial charge in [0, 0.05) is 29.4 Å². The number of sulfonamides is 1. The molecule has 1 saturated heterocycles. The number of anilines is 2. The first-order valence-corrected chi connectivity index (χ1v) is 13.7. The molecule has 196 valence electrons. The summed E-state index contributed by atoms with van der Waals surface area (Å²) < 4.78 is 34.1. The molecule has 1 amide bonds. The minimum absolute atomic E-state index is 0.0363. The van der Waals surface area contributed by atoms with Gasteiger partial charge in [-0.15, -0.1) is 0 Å². The van der Waals surface area contributed by atoms with Gasteiger partial charge in [-0.05, 0) is 64.3 Å². The van der Waals surface area contributed by atoms with Gasteiger partial charge in [0.05, 0.1) is 11.7 Å². The Kier molecular flexibility index (Phi) is 7.14. The number of para-hydroxylation sites is 1. The minimum Gasteiger partial charge on any atom is -0.490 e. The summed E-state index contributed by atoms with van der Waals surface area (Å²) >= 11 is 0. The molecule has 3 aromatic rings. The molecule has 4 rings (SSSR count). The molecule has 0 saturated carbocycles. The van der Waals surface area contributed by atoms with Crippen molar-refractivity contribution in [3.05, 3.63) is 60.3 Å². The summed E-state index contributed by atoms with van der Waals surface area (Å²) in [4.78, 5) is 24.2.